The highest BCUT2D eigenvalue weighted by atomic mass is 16.5. The van der Waals surface area contributed by atoms with Crippen LogP contribution in [0.4, 0.5) is 0 Å². The third kappa shape index (κ3) is 4.23. The highest BCUT2D eigenvalue weighted by Gasteiger charge is 2.34. The molecule has 1 unspecified atom stereocenters. The maximum absolute atomic E-state index is 12.0. The molecule has 0 saturated carbocycles. The van der Waals surface area contributed by atoms with Gasteiger partial charge in [-0.05, 0) is 18.3 Å². The number of carbonyl (C=O) groups is 1. The van der Waals surface area contributed by atoms with Crippen LogP contribution in [-0.2, 0) is 9.53 Å². The molecule has 1 amide bonds. The molecular weight excluding hydrogens is 232 g/mol. The van der Waals surface area contributed by atoms with Crippen molar-refractivity contribution < 1.29 is 14.6 Å². The summed E-state index contributed by atoms with van der Waals surface area (Å²) in [6.45, 7) is 7.15. The van der Waals surface area contributed by atoms with Crippen LogP contribution >= 0.6 is 0 Å². The number of nitrogens with two attached hydrogens (primary N) is 1. The van der Waals surface area contributed by atoms with Crippen LogP contribution in [0, 0.1) is 5.41 Å². The average Bonchev–Trinajstić information content (AvgIpc) is 2.28. The lowest BCUT2D eigenvalue weighted by molar-refractivity contribution is -0.126. The maximum atomic E-state index is 12.0. The molecule has 1 aliphatic heterocycles. The van der Waals surface area contributed by atoms with Gasteiger partial charge < -0.3 is 20.9 Å². The molecule has 5 heteroatoms. The SMILES string of the molecule is CC(C)(C)C(N)CC(=O)NC1(CO)CCOCC1. The van der Waals surface area contributed by atoms with Crippen LogP contribution in [0.15, 0.2) is 0 Å². The van der Waals surface area contributed by atoms with Gasteiger partial charge in [0.25, 0.3) is 0 Å². The van der Waals surface area contributed by atoms with Crippen molar-refractivity contribution in [1.29, 1.82) is 0 Å². The van der Waals surface area contributed by atoms with E-state index in [1.165, 1.54) is 0 Å². The van der Waals surface area contributed by atoms with Crippen LogP contribution in [-0.4, -0.2) is 42.4 Å². The van der Waals surface area contributed by atoms with E-state index in [0.717, 1.165) is 0 Å². The van der Waals surface area contributed by atoms with E-state index in [2.05, 4.69) is 5.32 Å². The summed E-state index contributed by atoms with van der Waals surface area (Å²) in [5, 5.41) is 12.4. The molecule has 0 aromatic heterocycles. The van der Waals surface area contributed by atoms with Gasteiger partial charge in [-0.25, -0.2) is 0 Å². The van der Waals surface area contributed by atoms with Crippen molar-refractivity contribution in [2.45, 2.75) is 51.6 Å². The summed E-state index contributed by atoms with van der Waals surface area (Å²) < 4.78 is 5.26. The molecular formula is C13H26N2O3. The number of aliphatic hydroxyl groups excluding tert-OH is 1. The van der Waals surface area contributed by atoms with Gasteiger partial charge in [-0.3, -0.25) is 4.79 Å². The first-order chi connectivity index (χ1) is 8.29. The fourth-order valence-corrected chi connectivity index (χ4v) is 1.94. The van der Waals surface area contributed by atoms with E-state index in [-0.39, 0.29) is 30.4 Å². The first-order valence-corrected chi connectivity index (χ1v) is 6.54. The molecule has 0 aromatic carbocycles. The molecule has 0 aromatic rings. The molecule has 1 fully saturated rings. The van der Waals surface area contributed by atoms with E-state index >= 15 is 0 Å². The van der Waals surface area contributed by atoms with Gasteiger partial charge in [0, 0.05) is 25.7 Å². The van der Waals surface area contributed by atoms with Crippen molar-refractivity contribution >= 4 is 5.91 Å². The van der Waals surface area contributed by atoms with E-state index in [0.29, 0.717) is 26.1 Å². The second kappa shape index (κ2) is 5.99. The van der Waals surface area contributed by atoms with E-state index in [9.17, 15) is 9.90 Å². The normalized spacial score (nSPS) is 21.4. The summed E-state index contributed by atoms with van der Waals surface area (Å²) >= 11 is 0. The third-order valence-electron chi connectivity index (χ3n) is 3.67. The highest BCUT2D eigenvalue weighted by Crippen LogP contribution is 2.22. The molecule has 1 atom stereocenters. The molecule has 4 N–H and O–H groups in total. The van der Waals surface area contributed by atoms with Crippen LogP contribution in [0.3, 0.4) is 0 Å². The smallest absolute Gasteiger partial charge is 0.222 e. The zero-order valence-electron chi connectivity index (χ0n) is 11.7. The van der Waals surface area contributed by atoms with Crippen molar-refractivity contribution in [3.05, 3.63) is 0 Å². The summed E-state index contributed by atoms with van der Waals surface area (Å²) in [5.74, 6) is -0.0895. The predicted octanol–water partition coefficient (Wildman–Crippen LogP) is 0.408. The number of ether oxygens (including phenoxy) is 1. The lowest BCUT2D eigenvalue weighted by atomic mass is 9.84. The minimum Gasteiger partial charge on any atom is -0.394 e. The van der Waals surface area contributed by atoms with E-state index in [4.69, 9.17) is 10.5 Å². The highest BCUT2D eigenvalue weighted by molar-refractivity contribution is 5.77. The van der Waals surface area contributed by atoms with Crippen molar-refractivity contribution in [2.75, 3.05) is 19.8 Å². The Morgan fingerprint density at radius 3 is 2.44 bits per heavy atom. The first-order valence-electron chi connectivity index (χ1n) is 6.54. The van der Waals surface area contributed by atoms with E-state index < -0.39 is 5.54 Å². The number of aliphatic hydroxyl groups is 1. The average molecular weight is 258 g/mol. The summed E-state index contributed by atoms with van der Waals surface area (Å²) in [7, 11) is 0. The first kappa shape index (κ1) is 15.4. The third-order valence-corrected chi connectivity index (χ3v) is 3.67. The molecule has 0 radical (unpaired) electrons. The van der Waals surface area contributed by atoms with Gasteiger partial charge in [-0.2, -0.15) is 0 Å². The lowest BCUT2D eigenvalue weighted by Gasteiger charge is -2.37. The van der Waals surface area contributed by atoms with Gasteiger partial charge in [-0.15, -0.1) is 0 Å². The number of carbonyl (C=O) groups excluding carboxylic acids is 1. The molecule has 1 rings (SSSR count). The van der Waals surface area contributed by atoms with E-state index in [1.54, 1.807) is 0 Å². The van der Waals surface area contributed by atoms with E-state index in [1.807, 2.05) is 20.8 Å². The molecule has 106 valence electrons. The van der Waals surface area contributed by atoms with Crippen LogP contribution in [0.25, 0.3) is 0 Å². The quantitative estimate of drug-likeness (QED) is 0.682. The van der Waals surface area contributed by atoms with Crippen molar-refractivity contribution in [2.24, 2.45) is 11.1 Å². The number of amides is 1. The molecule has 0 spiro atoms. The summed E-state index contributed by atoms with van der Waals surface area (Å²) in [4.78, 5) is 12.0. The summed E-state index contributed by atoms with van der Waals surface area (Å²) in [6, 6.07) is -0.187. The summed E-state index contributed by atoms with van der Waals surface area (Å²) in [6.07, 6.45) is 1.59. The minimum absolute atomic E-state index is 0.0488. The fourth-order valence-electron chi connectivity index (χ4n) is 1.94. The van der Waals surface area contributed by atoms with Crippen molar-refractivity contribution in [3.8, 4) is 0 Å². The molecule has 0 aliphatic carbocycles. The second-order valence-electron chi connectivity index (χ2n) is 6.28. The van der Waals surface area contributed by atoms with Crippen LogP contribution < -0.4 is 11.1 Å². The Kier molecular flexibility index (Phi) is 5.13. The van der Waals surface area contributed by atoms with Crippen LogP contribution in [0.5, 0.6) is 0 Å². The van der Waals surface area contributed by atoms with Crippen LogP contribution in [0.2, 0.25) is 0 Å². The van der Waals surface area contributed by atoms with Gasteiger partial charge in [0.1, 0.15) is 0 Å². The Hall–Kier alpha value is -0.650. The Morgan fingerprint density at radius 2 is 2.00 bits per heavy atom. The number of hydrogen-bond donors (Lipinski definition) is 3. The van der Waals surface area contributed by atoms with Gasteiger partial charge in [0.15, 0.2) is 0 Å². The van der Waals surface area contributed by atoms with Crippen LogP contribution in [0.1, 0.15) is 40.0 Å². The predicted molar refractivity (Wildman–Crippen MR) is 70.1 cm³/mol. The molecule has 18 heavy (non-hydrogen) atoms. The molecule has 1 heterocycles. The zero-order chi connectivity index (χ0) is 13.8. The fraction of sp³-hybridized carbons (Fsp3) is 0.923. The van der Waals surface area contributed by atoms with Crippen molar-refractivity contribution in [1.82, 2.24) is 5.32 Å². The zero-order valence-corrected chi connectivity index (χ0v) is 11.7. The second-order valence-corrected chi connectivity index (χ2v) is 6.28. The van der Waals surface area contributed by atoms with Gasteiger partial charge in [-0.1, -0.05) is 20.8 Å². The summed E-state index contributed by atoms with van der Waals surface area (Å²) in [5.41, 5.74) is 5.37. The standard InChI is InChI=1S/C13H26N2O3/c1-12(2,3)10(14)8-11(17)15-13(9-16)4-6-18-7-5-13/h10,16H,4-9,14H2,1-3H3,(H,15,17). The largest absolute Gasteiger partial charge is 0.394 e. The van der Waals surface area contributed by atoms with Gasteiger partial charge in [0.2, 0.25) is 5.91 Å². The number of nitrogens with one attached hydrogen (secondary N) is 1. The number of rotatable bonds is 4. The Bertz CT molecular complexity index is 280. The Morgan fingerprint density at radius 1 is 1.44 bits per heavy atom. The lowest BCUT2D eigenvalue weighted by Crippen LogP contribution is -2.55. The number of hydrogen-bond acceptors (Lipinski definition) is 4. The molecule has 0 bridgehead atoms. The van der Waals surface area contributed by atoms with Gasteiger partial charge >= 0.3 is 0 Å². The Labute approximate surface area is 109 Å². The molecule has 1 aliphatic rings. The molecule has 5 nitrogen and oxygen atoms in total. The minimum atomic E-state index is -0.521. The monoisotopic (exact) mass is 258 g/mol. The Balaban J connectivity index is 2.52. The van der Waals surface area contributed by atoms with Gasteiger partial charge in [0.05, 0.1) is 12.1 Å². The maximum Gasteiger partial charge on any atom is 0.222 e. The van der Waals surface area contributed by atoms with Crippen molar-refractivity contribution in [3.63, 3.8) is 0 Å². The molecule has 1 saturated heterocycles. The topological polar surface area (TPSA) is 84.6 Å².